The molecule has 2 rings (SSSR count). The molecular weight excluding hydrogens is 295 g/mol. The van der Waals surface area contributed by atoms with Crippen LogP contribution in [0.3, 0.4) is 0 Å². The highest BCUT2D eigenvalue weighted by Crippen LogP contribution is 2.32. The van der Waals surface area contributed by atoms with Gasteiger partial charge in [0.25, 0.3) is 5.91 Å². The number of hydrogen-bond acceptors (Lipinski definition) is 2. The fourth-order valence-corrected chi connectivity index (χ4v) is 1.83. The van der Waals surface area contributed by atoms with E-state index >= 15 is 0 Å². The minimum absolute atomic E-state index is 0.0509. The van der Waals surface area contributed by atoms with Crippen molar-refractivity contribution < 1.29 is 18.0 Å². The number of imidazole rings is 1. The lowest BCUT2D eigenvalue weighted by Crippen LogP contribution is -2.17. The SMILES string of the molecule is CNC(=O)c1cn(-c2cc(Cl)cc(C(F)(F)F)c2)cn1. The van der Waals surface area contributed by atoms with Crippen LogP contribution in [0.5, 0.6) is 0 Å². The summed E-state index contributed by atoms with van der Waals surface area (Å²) in [6.07, 6.45) is -1.93. The van der Waals surface area contributed by atoms with E-state index in [2.05, 4.69) is 10.3 Å². The average Bonchev–Trinajstić information content (AvgIpc) is 2.85. The van der Waals surface area contributed by atoms with Gasteiger partial charge in [-0.25, -0.2) is 4.98 Å². The van der Waals surface area contributed by atoms with Crippen LogP contribution in [0.1, 0.15) is 16.1 Å². The largest absolute Gasteiger partial charge is 0.416 e. The molecule has 0 saturated carbocycles. The van der Waals surface area contributed by atoms with E-state index in [1.54, 1.807) is 0 Å². The molecule has 0 saturated heterocycles. The normalized spacial score (nSPS) is 11.4. The first-order valence-corrected chi connectivity index (χ1v) is 5.83. The van der Waals surface area contributed by atoms with E-state index in [0.29, 0.717) is 0 Å². The van der Waals surface area contributed by atoms with Crippen molar-refractivity contribution in [1.82, 2.24) is 14.9 Å². The molecule has 0 fully saturated rings. The summed E-state index contributed by atoms with van der Waals surface area (Å²) in [6, 6.07) is 3.12. The number of benzene rings is 1. The Balaban J connectivity index is 2.45. The third-order valence-electron chi connectivity index (χ3n) is 2.55. The monoisotopic (exact) mass is 303 g/mol. The fraction of sp³-hybridized carbons (Fsp3) is 0.167. The fourth-order valence-electron chi connectivity index (χ4n) is 1.60. The Labute approximate surface area is 117 Å². The number of nitrogens with one attached hydrogen (secondary N) is 1. The molecule has 0 bridgehead atoms. The maximum Gasteiger partial charge on any atom is 0.416 e. The van der Waals surface area contributed by atoms with E-state index in [1.165, 1.54) is 30.2 Å². The van der Waals surface area contributed by atoms with Gasteiger partial charge in [0.05, 0.1) is 5.56 Å². The quantitative estimate of drug-likeness (QED) is 0.927. The summed E-state index contributed by atoms with van der Waals surface area (Å²) in [5.74, 6) is -0.429. The molecule has 1 aromatic heterocycles. The second-order valence-electron chi connectivity index (χ2n) is 3.94. The van der Waals surface area contributed by atoms with Crippen molar-refractivity contribution in [2.45, 2.75) is 6.18 Å². The van der Waals surface area contributed by atoms with E-state index in [4.69, 9.17) is 11.6 Å². The number of halogens is 4. The van der Waals surface area contributed by atoms with Gasteiger partial charge >= 0.3 is 6.18 Å². The molecule has 8 heteroatoms. The van der Waals surface area contributed by atoms with Gasteiger partial charge in [0, 0.05) is 24.0 Å². The molecular formula is C12H9ClF3N3O. The molecule has 1 amide bonds. The molecule has 1 heterocycles. The zero-order chi connectivity index (χ0) is 14.9. The topological polar surface area (TPSA) is 46.9 Å². The first-order valence-electron chi connectivity index (χ1n) is 5.45. The van der Waals surface area contributed by atoms with Crippen molar-refractivity contribution in [3.8, 4) is 5.69 Å². The molecule has 4 nitrogen and oxygen atoms in total. The number of rotatable bonds is 2. The van der Waals surface area contributed by atoms with Crippen molar-refractivity contribution >= 4 is 17.5 Å². The van der Waals surface area contributed by atoms with E-state index in [1.807, 2.05) is 0 Å². The van der Waals surface area contributed by atoms with Gasteiger partial charge in [-0.3, -0.25) is 4.79 Å². The van der Waals surface area contributed by atoms with Gasteiger partial charge in [-0.15, -0.1) is 0 Å². The van der Waals surface area contributed by atoms with E-state index in [0.717, 1.165) is 12.1 Å². The average molecular weight is 304 g/mol. The maximum absolute atomic E-state index is 12.7. The highest BCUT2D eigenvalue weighted by atomic mass is 35.5. The molecule has 0 aliphatic carbocycles. The van der Waals surface area contributed by atoms with Crippen LogP contribution in [0, 0.1) is 0 Å². The van der Waals surface area contributed by atoms with Crippen molar-refractivity contribution in [3.05, 3.63) is 47.0 Å². The van der Waals surface area contributed by atoms with Crippen LogP contribution in [0.25, 0.3) is 5.69 Å². The van der Waals surface area contributed by atoms with Crippen molar-refractivity contribution in [1.29, 1.82) is 0 Å². The van der Waals surface area contributed by atoms with E-state index in [9.17, 15) is 18.0 Å². The van der Waals surface area contributed by atoms with Crippen LogP contribution in [0.15, 0.2) is 30.7 Å². The summed E-state index contributed by atoms with van der Waals surface area (Å²) < 4.78 is 39.4. The molecule has 0 aliphatic heterocycles. The Hall–Kier alpha value is -2.02. The third-order valence-corrected chi connectivity index (χ3v) is 2.77. The van der Waals surface area contributed by atoms with E-state index < -0.39 is 17.6 Å². The first kappa shape index (κ1) is 14.4. The van der Waals surface area contributed by atoms with Gasteiger partial charge in [0.15, 0.2) is 0 Å². The Morgan fingerprint density at radius 3 is 2.65 bits per heavy atom. The van der Waals surface area contributed by atoms with Gasteiger partial charge in [-0.05, 0) is 18.2 Å². The Morgan fingerprint density at radius 1 is 1.35 bits per heavy atom. The number of hydrogen-bond donors (Lipinski definition) is 1. The van der Waals surface area contributed by atoms with Crippen LogP contribution >= 0.6 is 11.6 Å². The van der Waals surface area contributed by atoms with Crippen LogP contribution in [-0.2, 0) is 6.18 Å². The molecule has 20 heavy (non-hydrogen) atoms. The van der Waals surface area contributed by atoms with Gasteiger partial charge in [-0.1, -0.05) is 11.6 Å². The molecule has 1 aromatic carbocycles. The maximum atomic E-state index is 12.7. The summed E-state index contributed by atoms with van der Waals surface area (Å²) >= 11 is 5.69. The lowest BCUT2D eigenvalue weighted by atomic mass is 10.2. The van der Waals surface area contributed by atoms with Crippen LogP contribution < -0.4 is 5.32 Å². The minimum Gasteiger partial charge on any atom is -0.354 e. The second-order valence-corrected chi connectivity index (χ2v) is 4.38. The molecule has 106 valence electrons. The van der Waals surface area contributed by atoms with Crippen molar-refractivity contribution in [2.24, 2.45) is 0 Å². The minimum atomic E-state index is -4.50. The van der Waals surface area contributed by atoms with Gasteiger partial charge in [0.1, 0.15) is 12.0 Å². The number of amides is 1. The highest BCUT2D eigenvalue weighted by Gasteiger charge is 2.31. The zero-order valence-corrected chi connectivity index (χ0v) is 11.0. The Kier molecular flexibility index (Phi) is 3.71. The van der Waals surface area contributed by atoms with Crippen molar-refractivity contribution in [2.75, 3.05) is 7.05 Å². The molecule has 2 aromatic rings. The summed E-state index contributed by atoms with van der Waals surface area (Å²) in [5, 5.41) is 2.32. The smallest absolute Gasteiger partial charge is 0.354 e. The molecule has 0 spiro atoms. The van der Waals surface area contributed by atoms with Crippen LogP contribution in [0.2, 0.25) is 5.02 Å². The molecule has 1 N–H and O–H groups in total. The Bertz CT molecular complexity index is 652. The number of carbonyl (C=O) groups is 1. The second kappa shape index (κ2) is 5.16. The summed E-state index contributed by atoms with van der Waals surface area (Å²) in [4.78, 5) is 15.2. The summed E-state index contributed by atoms with van der Waals surface area (Å²) in [5.41, 5.74) is -0.594. The number of nitrogens with zero attached hydrogens (tertiary/aromatic N) is 2. The van der Waals surface area contributed by atoms with Gasteiger partial charge < -0.3 is 9.88 Å². The first-order chi connectivity index (χ1) is 9.31. The zero-order valence-electron chi connectivity index (χ0n) is 10.2. The lowest BCUT2D eigenvalue weighted by molar-refractivity contribution is -0.137. The predicted molar refractivity (Wildman–Crippen MR) is 67.0 cm³/mol. The lowest BCUT2D eigenvalue weighted by Gasteiger charge is -2.10. The number of alkyl halides is 3. The molecule has 0 atom stereocenters. The third kappa shape index (κ3) is 2.93. The van der Waals surface area contributed by atoms with Crippen LogP contribution in [-0.4, -0.2) is 22.5 Å². The standard InChI is InChI=1S/C12H9ClF3N3O/c1-17-11(20)10-5-19(6-18-10)9-3-7(12(14,15)16)2-8(13)4-9/h2-6H,1H3,(H,17,20). The number of aromatic nitrogens is 2. The van der Waals surface area contributed by atoms with Gasteiger partial charge in [0.2, 0.25) is 0 Å². The Morgan fingerprint density at radius 2 is 2.05 bits per heavy atom. The predicted octanol–water partition coefficient (Wildman–Crippen LogP) is 2.90. The summed E-state index contributed by atoms with van der Waals surface area (Å²) in [6.45, 7) is 0. The van der Waals surface area contributed by atoms with Crippen molar-refractivity contribution in [3.63, 3.8) is 0 Å². The van der Waals surface area contributed by atoms with Gasteiger partial charge in [-0.2, -0.15) is 13.2 Å². The molecule has 0 radical (unpaired) electrons. The summed E-state index contributed by atoms with van der Waals surface area (Å²) in [7, 11) is 1.43. The van der Waals surface area contributed by atoms with Crippen LogP contribution in [0.4, 0.5) is 13.2 Å². The molecule has 0 aliphatic rings. The highest BCUT2D eigenvalue weighted by molar-refractivity contribution is 6.30. The molecule has 0 unspecified atom stereocenters. The van der Waals surface area contributed by atoms with E-state index in [-0.39, 0.29) is 16.4 Å². The number of carbonyl (C=O) groups excluding carboxylic acids is 1.